The molecule has 0 aromatic heterocycles. The Morgan fingerprint density at radius 2 is 2.06 bits per heavy atom. The average Bonchev–Trinajstić information content (AvgIpc) is 2.62. The topological polar surface area (TPSA) is 69.8 Å². The van der Waals surface area contributed by atoms with Gasteiger partial charge in [-0.2, -0.15) is 0 Å². The van der Waals surface area contributed by atoms with Crippen molar-refractivity contribution in [3.05, 3.63) is 0 Å². The van der Waals surface area contributed by atoms with Crippen LogP contribution in [0.25, 0.3) is 0 Å². The summed E-state index contributed by atoms with van der Waals surface area (Å²) in [6, 6.07) is -0.376. The van der Waals surface area contributed by atoms with Crippen molar-refractivity contribution >= 4 is 5.91 Å². The fraction of sp³-hybridized carbons (Fsp3) is 0.923. The molecule has 1 saturated heterocycles. The van der Waals surface area contributed by atoms with Gasteiger partial charge in [0.05, 0.1) is 12.6 Å². The molecule has 5 heteroatoms. The third kappa shape index (κ3) is 4.23. The molecule has 1 fully saturated rings. The monoisotopic (exact) mass is 257 g/mol. The Bertz CT molecular complexity index is 261. The molecule has 0 aromatic rings. The minimum absolute atomic E-state index is 0.0789. The van der Waals surface area contributed by atoms with E-state index in [9.17, 15) is 4.79 Å². The van der Waals surface area contributed by atoms with Crippen LogP contribution in [0.3, 0.4) is 0 Å². The van der Waals surface area contributed by atoms with Gasteiger partial charge in [-0.15, -0.1) is 0 Å². The molecular weight excluding hydrogens is 230 g/mol. The Hall–Kier alpha value is -0.650. The first kappa shape index (κ1) is 15.4. The van der Waals surface area contributed by atoms with Crippen LogP contribution in [0, 0.1) is 5.92 Å². The van der Waals surface area contributed by atoms with Crippen LogP contribution in [-0.4, -0.2) is 66.2 Å². The van der Waals surface area contributed by atoms with Crippen molar-refractivity contribution in [2.45, 2.75) is 32.7 Å². The molecule has 0 bridgehead atoms. The third-order valence-corrected chi connectivity index (χ3v) is 3.86. The minimum Gasteiger partial charge on any atom is -0.395 e. The summed E-state index contributed by atoms with van der Waals surface area (Å²) in [5.74, 6) is 0.310. The largest absolute Gasteiger partial charge is 0.395 e. The van der Waals surface area contributed by atoms with Gasteiger partial charge < -0.3 is 15.7 Å². The summed E-state index contributed by atoms with van der Waals surface area (Å²) in [5.41, 5.74) is 6.00. The predicted octanol–water partition coefficient (Wildman–Crippen LogP) is -0.114. The van der Waals surface area contributed by atoms with Crippen molar-refractivity contribution in [2.24, 2.45) is 11.7 Å². The molecule has 0 aliphatic carbocycles. The molecule has 5 nitrogen and oxygen atoms in total. The van der Waals surface area contributed by atoms with Crippen LogP contribution in [0.4, 0.5) is 0 Å². The van der Waals surface area contributed by atoms with E-state index < -0.39 is 0 Å². The molecule has 1 amide bonds. The van der Waals surface area contributed by atoms with E-state index in [1.54, 1.807) is 0 Å². The van der Waals surface area contributed by atoms with Crippen LogP contribution in [-0.2, 0) is 4.79 Å². The lowest BCUT2D eigenvalue weighted by molar-refractivity contribution is -0.133. The number of hydrogen-bond acceptors (Lipinski definition) is 4. The Balaban J connectivity index is 2.49. The highest BCUT2D eigenvalue weighted by Crippen LogP contribution is 2.11. The van der Waals surface area contributed by atoms with Crippen LogP contribution in [0.15, 0.2) is 0 Å². The summed E-state index contributed by atoms with van der Waals surface area (Å²) in [6.07, 6.45) is 1.89. The lowest BCUT2D eigenvalue weighted by Gasteiger charge is -2.27. The maximum absolute atomic E-state index is 12.2. The summed E-state index contributed by atoms with van der Waals surface area (Å²) in [4.78, 5) is 16.3. The highest BCUT2D eigenvalue weighted by Gasteiger charge is 2.26. The summed E-state index contributed by atoms with van der Waals surface area (Å²) < 4.78 is 0. The van der Waals surface area contributed by atoms with Gasteiger partial charge in [-0.3, -0.25) is 9.69 Å². The van der Waals surface area contributed by atoms with E-state index in [1.807, 2.05) is 11.8 Å². The third-order valence-electron chi connectivity index (χ3n) is 3.86. The van der Waals surface area contributed by atoms with Gasteiger partial charge in [0, 0.05) is 26.2 Å². The highest BCUT2D eigenvalue weighted by atomic mass is 16.3. The molecule has 0 spiro atoms. The summed E-state index contributed by atoms with van der Waals surface area (Å²) in [7, 11) is 0. The van der Waals surface area contributed by atoms with E-state index >= 15 is 0 Å². The van der Waals surface area contributed by atoms with Gasteiger partial charge in [0.25, 0.3) is 0 Å². The molecule has 2 unspecified atom stereocenters. The van der Waals surface area contributed by atoms with Crippen molar-refractivity contribution in [3.8, 4) is 0 Å². The SMILES string of the molecule is CCC(C)C(N)C(=O)N1CCCN(CCO)CC1. The maximum Gasteiger partial charge on any atom is 0.239 e. The maximum atomic E-state index is 12.2. The van der Waals surface area contributed by atoms with E-state index in [2.05, 4.69) is 11.8 Å². The van der Waals surface area contributed by atoms with Gasteiger partial charge in [-0.25, -0.2) is 0 Å². The first-order chi connectivity index (χ1) is 8.60. The number of hydrogen-bond donors (Lipinski definition) is 2. The molecule has 0 aromatic carbocycles. The fourth-order valence-electron chi connectivity index (χ4n) is 2.26. The normalized spacial score (nSPS) is 21.4. The summed E-state index contributed by atoms with van der Waals surface area (Å²) in [6.45, 7) is 8.25. The van der Waals surface area contributed by atoms with Crippen LogP contribution in [0.5, 0.6) is 0 Å². The zero-order chi connectivity index (χ0) is 13.5. The molecule has 1 aliphatic rings. The minimum atomic E-state index is -0.376. The molecule has 2 atom stereocenters. The van der Waals surface area contributed by atoms with Crippen molar-refractivity contribution in [1.29, 1.82) is 0 Å². The predicted molar refractivity (Wildman–Crippen MR) is 72.2 cm³/mol. The number of nitrogens with zero attached hydrogens (tertiary/aromatic N) is 2. The number of carbonyl (C=O) groups excluding carboxylic acids is 1. The number of carbonyl (C=O) groups is 1. The van der Waals surface area contributed by atoms with Gasteiger partial charge >= 0.3 is 0 Å². The zero-order valence-electron chi connectivity index (χ0n) is 11.6. The van der Waals surface area contributed by atoms with Crippen LogP contribution in [0.1, 0.15) is 26.7 Å². The Kier molecular flexibility index (Phi) is 6.60. The Labute approximate surface area is 110 Å². The second kappa shape index (κ2) is 7.71. The van der Waals surface area contributed by atoms with E-state index in [-0.39, 0.29) is 24.5 Å². The number of amides is 1. The second-order valence-corrected chi connectivity index (χ2v) is 5.16. The van der Waals surface area contributed by atoms with Gasteiger partial charge in [0.2, 0.25) is 5.91 Å². The van der Waals surface area contributed by atoms with Crippen molar-refractivity contribution < 1.29 is 9.90 Å². The molecule has 106 valence electrons. The zero-order valence-corrected chi connectivity index (χ0v) is 11.6. The standard InChI is InChI=1S/C13H27N3O2/c1-3-11(2)12(14)13(18)16-6-4-5-15(7-8-16)9-10-17/h11-12,17H,3-10,14H2,1-2H3. The quantitative estimate of drug-likeness (QED) is 0.721. The van der Waals surface area contributed by atoms with Gasteiger partial charge in [-0.05, 0) is 18.9 Å². The molecule has 1 rings (SSSR count). The summed E-state index contributed by atoms with van der Waals surface area (Å²) >= 11 is 0. The van der Waals surface area contributed by atoms with E-state index in [4.69, 9.17) is 10.8 Å². The smallest absolute Gasteiger partial charge is 0.239 e. The number of nitrogens with two attached hydrogens (primary N) is 1. The fourth-order valence-corrected chi connectivity index (χ4v) is 2.26. The van der Waals surface area contributed by atoms with Gasteiger partial charge in [-0.1, -0.05) is 20.3 Å². The average molecular weight is 257 g/mol. The number of β-amino-alcohol motifs (C(OH)–C–C–N with tert-alkyl or cyclic N) is 1. The Morgan fingerprint density at radius 3 is 2.67 bits per heavy atom. The number of aliphatic hydroxyl groups excluding tert-OH is 1. The lowest BCUT2D eigenvalue weighted by atomic mass is 9.99. The number of rotatable bonds is 5. The molecule has 0 saturated carbocycles. The van der Waals surface area contributed by atoms with Crippen LogP contribution < -0.4 is 5.73 Å². The van der Waals surface area contributed by atoms with E-state index in [0.717, 1.165) is 39.0 Å². The molecular formula is C13H27N3O2. The molecule has 1 aliphatic heterocycles. The first-order valence-corrected chi connectivity index (χ1v) is 6.97. The van der Waals surface area contributed by atoms with Crippen molar-refractivity contribution in [3.63, 3.8) is 0 Å². The number of aliphatic hydroxyl groups is 1. The first-order valence-electron chi connectivity index (χ1n) is 6.97. The van der Waals surface area contributed by atoms with Crippen LogP contribution in [0.2, 0.25) is 0 Å². The lowest BCUT2D eigenvalue weighted by Crippen LogP contribution is -2.48. The van der Waals surface area contributed by atoms with Crippen LogP contribution >= 0.6 is 0 Å². The molecule has 3 N–H and O–H groups in total. The van der Waals surface area contributed by atoms with E-state index in [1.165, 1.54) is 0 Å². The van der Waals surface area contributed by atoms with E-state index in [0.29, 0.717) is 6.54 Å². The highest BCUT2D eigenvalue weighted by molar-refractivity contribution is 5.82. The summed E-state index contributed by atoms with van der Waals surface area (Å²) in [5, 5.41) is 8.94. The van der Waals surface area contributed by atoms with Crippen molar-refractivity contribution in [2.75, 3.05) is 39.3 Å². The molecule has 1 heterocycles. The Morgan fingerprint density at radius 1 is 1.33 bits per heavy atom. The second-order valence-electron chi connectivity index (χ2n) is 5.16. The van der Waals surface area contributed by atoms with Gasteiger partial charge in [0.15, 0.2) is 0 Å². The van der Waals surface area contributed by atoms with Gasteiger partial charge in [0.1, 0.15) is 0 Å². The molecule has 0 radical (unpaired) electrons. The van der Waals surface area contributed by atoms with Crippen molar-refractivity contribution in [1.82, 2.24) is 9.80 Å². The molecule has 18 heavy (non-hydrogen) atoms.